The molecule has 0 bridgehead atoms. The Labute approximate surface area is 111 Å². The maximum absolute atomic E-state index is 6.15. The molecule has 2 rings (SSSR count). The molecule has 0 unspecified atom stereocenters. The molecular weight excluding hydrogens is 286 g/mol. The molecule has 1 aliphatic rings. The van der Waals surface area contributed by atoms with Gasteiger partial charge >= 0.3 is 0 Å². The Hall–Kier alpha value is -0.210. The summed E-state index contributed by atoms with van der Waals surface area (Å²) in [5.74, 6) is 0.827. The fourth-order valence-corrected chi connectivity index (χ4v) is 3.02. The lowest BCUT2D eigenvalue weighted by atomic mass is 9.89. The lowest BCUT2D eigenvalue weighted by Crippen LogP contribution is -2.17. The van der Waals surface area contributed by atoms with Crippen molar-refractivity contribution in [1.82, 2.24) is 0 Å². The number of anilines is 1. The predicted molar refractivity (Wildman–Crippen MR) is 74.2 cm³/mol. The van der Waals surface area contributed by atoms with Crippen LogP contribution in [0.25, 0.3) is 0 Å². The zero-order valence-corrected chi connectivity index (χ0v) is 11.6. The fourth-order valence-electron chi connectivity index (χ4n) is 2.28. The van der Waals surface area contributed by atoms with Gasteiger partial charge in [-0.2, -0.15) is 0 Å². The van der Waals surface area contributed by atoms with Crippen molar-refractivity contribution in [2.75, 3.05) is 11.9 Å². The van der Waals surface area contributed by atoms with Crippen molar-refractivity contribution in [2.24, 2.45) is 5.92 Å². The summed E-state index contributed by atoms with van der Waals surface area (Å²) in [4.78, 5) is 0. The maximum atomic E-state index is 6.15. The molecule has 1 aromatic rings. The molecule has 3 heteroatoms. The van der Waals surface area contributed by atoms with E-state index >= 15 is 0 Å². The first-order valence-electron chi connectivity index (χ1n) is 5.94. The summed E-state index contributed by atoms with van der Waals surface area (Å²) in [5.41, 5.74) is 1.05. The molecule has 0 spiro atoms. The van der Waals surface area contributed by atoms with E-state index in [1.807, 2.05) is 18.2 Å². The van der Waals surface area contributed by atoms with Crippen LogP contribution in [0.4, 0.5) is 5.69 Å². The summed E-state index contributed by atoms with van der Waals surface area (Å²) >= 11 is 9.57. The number of rotatable bonds is 3. The number of hydrogen-bond acceptors (Lipinski definition) is 1. The van der Waals surface area contributed by atoms with E-state index < -0.39 is 0 Å². The summed E-state index contributed by atoms with van der Waals surface area (Å²) < 4.78 is 1.03. The van der Waals surface area contributed by atoms with Gasteiger partial charge in [0.05, 0.1) is 10.7 Å². The van der Waals surface area contributed by atoms with E-state index in [1.54, 1.807) is 0 Å². The quantitative estimate of drug-likeness (QED) is 0.819. The topological polar surface area (TPSA) is 12.0 Å². The summed E-state index contributed by atoms with van der Waals surface area (Å²) in [6, 6.07) is 6.00. The van der Waals surface area contributed by atoms with Crippen molar-refractivity contribution in [3.63, 3.8) is 0 Å². The van der Waals surface area contributed by atoms with Gasteiger partial charge in [-0.15, -0.1) is 0 Å². The summed E-state index contributed by atoms with van der Waals surface area (Å²) in [6.07, 6.45) is 6.92. The van der Waals surface area contributed by atoms with Crippen LogP contribution < -0.4 is 5.32 Å². The van der Waals surface area contributed by atoms with Crippen LogP contribution in [-0.2, 0) is 0 Å². The van der Waals surface area contributed by atoms with E-state index in [2.05, 4.69) is 21.2 Å². The molecule has 1 fully saturated rings. The second kappa shape index (κ2) is 5.92. The molecule has 88 valence electrons. The molecule has 0 heterocycles. The van der Waals surface area contributed by atoms with Gasteiger partial charge in [-0.3, -0.25) is 0 Å². The first-order chi connectivity index (χ1) is 7.75. The Morgan fingerprint density at radius 1 is 1.25 bits per heavy atom. The smallest absolute Gasteiger partial charge is 0.0648 e. The third kappa shape index (κ3) is 3.39. The molecule has 1 saturated carbocycles. The highest BCUT2D eigenvalue weighted by atomic mass is 79.9. The van der Waals surface area contributed by atoms with Crippen molar-refractivity contribution >= 4 is 33.2 Å². The lowest BCUT2D eigenvalue weighted by Gasteiger charge is -2.22. The van der Waals surface area contributed by atoms with Crippen molar-refractivity contribution in [3.05, 3.63) is 27.7 Å². The fraction of sp³-hybridized carbons (Fsp3) is 0.538. The SMILES string of the molecule is Clc1cc(Br)ccc1NCC1CCCCC1. The average Bonchev–Trinajstić information content (AvgIpc) is 2.29. The van der Waals surface area contributed by atoms with Crippen molar-refractivity contribution < 1.29 is 0 Å². The molecule has 16 heavy (non-hydrogen) atoms. The highest BCUT2D eigenvalue weighted by Gasteiger charge is 2.13. The van der Waals surface area contributed by atoms with Gasteiger partial charge < -0.3 is 5.32 Å². The van der Waals surface area contributed by atoms with E-state index in [9.17, 15) is 0 Å². The van der Waals surface area contributed by atoms with Crippen LogP contribution in [0.2, 0.25) is 5.02 Å². The average molecular weight is 303 g/mol. The van der Waals surface area contributed by atoms with Gasteiger partial charge in [0.15, 0.2) is 0 Å². The minimum atomic E-state index is 0.796. The largest absolute Gasteiger partial charge is 0.384 e. The van der Waals surface area contributed by atoms with Crippen molar-refractivity contribution in [1.29, 1.82) is 0 Å². The van der Waals surface area contributed by atoms with Gasteiger partial charge in [0.2, 0.25) is 0 Å². The minimum Gasteiger partial charge on any atom is -0.384 e. The second-order valence-corrected chi connectivity index (χ2v) is 5.83. The highest BCUT2D eigenvalue weighted by Crippen LogP contribution is 2.28. The van der Waals surface area contributed by atoms with Crippen LogP contribution in [0.5, 0.6) is 0 Å². The zero-order chi connectivity index (χ0) is 11.4. The molecule has 0 saturated heterocycles. The van der Waals surface area contributed by atoms with E-state index in [1.165, 1.54) is 32.1 Å². The van der Waals surface area contributed by atoms with Crippen LogP contribution in [0, 0.1) is 5.92 Å². The molecule has 0 amide bonds. The number of hydrogen-bond donors (Lipinski definition) is 1. The van der Waals surface area contributed by atoms with Crippen LogP contribution >= 0.6 is 27.5 Å². The summed E-state index contributed by atoms with van der Waals surface area (Å²) in [7, 11) is 0. The van der Waals surface area contributed by atoms with E-state index in [0.29, 0.717) is 0 Å². The van der Waals surface area contributed by atoms with Gasteiger partial charge in [-0.05, 0) is 37.0 Å². The Bertz CT molecular complexity index is 348. The third-order valence-corrected chi connectivity index (χ3v) is 4.04. The minimum absolute atomic E-state index is 0.796. The van der Waals surface area contributed by atoms with Crippen LogP contribution in [0.3, 0.4) is 0 Å². The Morgan fingerprint density at radius 2 is 2.00 bits per heavy atom. The van der Waals surface area contributed by atoms with Crippen molar-refractivity contribution in [3.8, 4) is 0 Å². The molecule has 1 aliphatic carbocycles. The van der Waals surface area contributed by atoms with E-state index in [0.717, 1.165) is 27.6 Å². The van der Waals surface area contributed by atoms with Gasteiger partial charge in [-0.1, -0.05) is 46.8 Å². The molecule has 0 atom stereocenters. The Kier molecular flexibility index (Phi) is 4.54. The number of halogens is 2. The third-order valence-electron chi connectivity index (χ3n) is 3.24. The van der Waals surface area contributed by atoms with E-state index in [4.69, 9.17) is 11.6 Å². The highest BCUT2D eigenvalue weighted by molar-refractivity contribution is 9.10. The first-order valence-corrected chi connectivity index (χ1v) is 7.12. The van der Waals surface area contributed by atoms with Crippen LogP contribution in [-0.4, -0.2) is 6.54 Å². The predicted octanol–water partition coefficient (Wildman–Crippen LogP) is 5.09. The van der Waals surface area contributed by atoms with Crippen molar-refractivity contribution in [2.45, 2.75) is 32.1 Å². The molecule has 1 nitrogen and oxygen atoms in total. The summed E-state index contributed by atoms with van der Waals surface area (Å²) in [6.45, 7) is 1.06. The maximum Gasteiger partial charge on any atom is 0.0648 e. The summed E-state index contributed by atoms with van der Waals surface area (Å²) in [5, 5.41) is 4.25. The van der Waals surface area contributed by atoms with Gasteiger partial charge in [-0.25, -0.2) is 0 Å². The molecule has 1 aromatic carbocycles. The number of nitrogens with one attached hydrogen (secondary N) is 1. The Balaban J connectivity index is 1.88. The normalized spacial score (nSPS) is 17.4. The van der Waals surface area contributed by atoms with Gasteiger partial charge in [0.1, 0.15) is 0 Å². The number of benzene rings is 1. The Morgan fingerprint density at radius 3 is 2.69 bits per heavy atom. The molecule has 0 aromatic heterocycles. The molecule has 1 N–H and O–H groups in total. The monoisotopic (exact) mass is 301 g/mol. The first kappa shape index (κ1) is 12.3. The second-order valence-electron chi connectivity index (χ2n) is 4.51. The molecule has 0 aliphatic heterocycles. The molecular formula is C13H17BrClN. The van der Waals surface area contributed by atoms with E-state index in [-0.39, 0.29) is 0 Å². The van der Waals surface area contributed by atoms with Gasteiger partial charge in [0.25, 0.3) is 0 Å². The lowest BCUT2D eigenvalue weighted by molar-refractivity contribution is 0.373. The van der Waals surface area contributed by atoms with Gasteiger partial charge in [0, 0.05) is 11.0 Å². The standard InChI is InChI=1S/C13H17BrClN/c14-11-6-7-13(12(15)8-11)16-9-10-4-2-1-3-5-10/h6-8,10,16H,1-5,9H2. The zero-order valence-electron chi connectivity index (χ0n) is 9.31. The molecule has 0 radical (unpaired) electrons. The van der Waals surface area contributed by atoms with Crippen LogP contribution in [0.15, 0.2) is 22.7 Å². The van der Waals surface area contributed by atoms with Crippen LogP contribution in [0.1, 0.15) is 32.1 Å².